The van der Waals surface area contributed by atoms with Crippen LogP contribution in [-0.2, 0) is 9.53 Å². The van der Waals surface area contributed by atoms with Crippen molar-refractivity contribution >= 4 is 11.9 Å². The van der Waals surface area contributed by atoms with Crippen molar-refractivity contribution < 1.29 is 28.9 Å². The van der Waals surface area contributed by atoms with Crippen LogP contribution >= 0.6 is 0 Å². The molecule has 1 amide bonds. The van der Waals surface area contributed by atoms with Gasteiger partial charge in [-0.05, 0) is 49.7 Å². The van der Waals surface area contributed by atoms with E-state index in [1.807, 2.05) is 0 Å². The number of hydrogen-bond donors (Lipinski definition) is 2. The third-order valence-corrected chi connectivity index (χ3v) is 3.99. The van der Waals surface area contributed by atoms with E-state index in [1.165, 1.54) is 19.2 Å². The molecule has 0 heterocycles. The molecule has 2 N–H and O–H groups in total. The molecule has 0 spiro atoms. The maximum atomic E-state index is 12.1. The highest BCUT2D eigenvalue weighted by Crippen LogP contribution is 2.29. The van der Waals surface area contributed by atoms with Crippen molar-refractivity contribution in [1.29, 1.82) is 0 Å². The van der Waals surface area contributed by atoms with Crippen molar-refractivity contribution in [2.75, 3.05) is 20.8 Å². The molecular formula is C20H23NO6. The lowest BCUT2D eigenvalue weighted by molar-refractivity contribution is -0.124. The van der Waals surface area contributed by atoms with Crippen LogP contribution in [0.2, 0.25) is 0 Å². The third-order valence-electron chi connectivity index (χ3n) is 3.99. The average molecular weight is 373 g/mol. The predicted molar refractivity (Wildman–Crippen MR) is 99.2 cm³/mol. The second kappa shape index (κ2) is 8.93. The standard InChI is InChI=1S/C20H23NO6/c1-12-5-7-15(17(22)9-12)20(24)27-11-19(23)21-13(2)16-10-14(25-3)6-8-18(16)26-4/h5-10,13,22H,11H2,1-4H3,(H,21,23)/t13-/m1/s1. The highest BCUT2D eigenvalue weighted by atomic mass is 16.5. The summed E-state index contributed by atoms with van der Waals surface area (Å²) < 4.78 is 15.5. The molecule has 1 atom stereocenters. The molecule has 2 rings (SSSR count). The van der Waals surface area contributed by atoms with Crippen LogP contribution in [0.15, 0.2) is 36.4 Å². The summed E-state index contributed by atoms with van der Waals surface area (Å²) in [5, 5.41) is 12.5. The van der Waals surface area contributed by atoms with Crippen LogP contribution in [0, 0.1) is 6.92 Å². The van der Waals surface area contributed by atoms with Gasteiger partial charge in [-0.1, -0.05) is 6.07 Å². The second-order valence-corrected chi connectivity index (χ2v) is 5.99. The number of ether oxygens (including phenoxy) is 3. The monoisotopic (exact) mass is 373 g/mol. The number of carbonyl (C=O) groups is 2. The Balaban J connectivity index is 1.98. The molecule has 0 aliphatic heterocycles. The minimum Gasteiger partial charge on any atom is -0.507 e. The Kier molecular flexibility index (Phi) is 6.65. The van der Waals surface area contributed by atoms with E-state index in [1.54, 1.807) is 45.2 Å². The molecule has 7 nitrogen and oxygen atoms in total. The number of nitrogens with one attached hydrogen (secondary N) is 1. The predicted octanol–water partition coefficient (Wildman–Crippen LogP) is 2.75. The number of carbonyl (C=O) groups excluding carboxylic acids is 2. The van der Waals surface area contributed by atoms with E-state index in [0.29, 0.717) is 11.5 Å². The van der Waals surface area contributed by atoms with Gasteiger partial charge in [-0.25, -0.2) is 4.79 Å². The number of benzene rings is 2. The van der Waals surface area contributed by atoms with Crippen molar-refractivity contribution in [2.45, 2.75) is 19.9 Å². The molecule has 0 radical (unpaired) electrons. The van der Waals surface area contributed by atoms with Crippen molar-refractivity contribution in [2.24, 2.45) is 0 Å². The molecule has 27 heavy (non-hydrogen) atoms. The molecule has 0 saturated carbocycles. The fraction of sp³-hybridized carbons (Fsp3) is 0.300. The van der Waals surface area contributed by atoms with Gasteiger partial charge in [0.25, 0.3) is 5.91 Å². The zero-order chi connectivity index (χ0) is 20.0. The number of rotatable bonds is 7. The summed E-state index contributed by atoms with van der Waals surface area (Å²) in [6.45, 7) is 3.10. The fourth-order valence-electron chi connectivity index (χ4n) is 2.56. The summed E-state index contributed by atoms with van der Waals surface area (Å²) in [6.07, 6.45) is 0. The molecule has 0 aliphatic carbocycles. The molecule has 7 heteroatoms. The van der Waals surface area contributed by atoms with Gasteiger partial charge in [0.2, 0.25) is 0 Å². The Morgan fingerprint density at radius 3 is 2.48 bits per heavy atom. The molecule has 2 aromatic carbocycles. The Bertz CT molecular complexity index is 833. The normalized spacial score (nSPS) is 11.4. The van der Waals surface area contributed by atoms with Gasteiger partial charge in [0.05, 0.1) is 20.3 Å². The molecule has 0 saturated heterocycles. The molecular weight excluding hydrogens is 350 g/mol. The first-order chi connectivity index (χ1) is 12.8. The quantitative estimate of drug-likeness (QED) is 0.725. The van der Waals surface area contributed by atoms with Crippen LogP contribution in [0.1, 0.15) is 34.5 Å². The lowest BCUT2D eigenvalue weighted by atomic mass is 10.1. The van der Waals surface area contributed by atoms with Crippen molar-refractivity contribution in [1.82, 2.24) is 5.32 Å². The third kappa shape index (κ3) is 5.13. The number of esters is 1. The van der Waals surface area contributed by atoms with E-state index < -0.39 is 24.5 Å². The highest BCUT2D eigenvalue weighted by Gasteiger charge is 2.18. The number of aryl methyl sites for hydroxylation is 1. The summed E-state index contributed by atoms with van der Waals surface area (Å²) in [6, 6.07) is 9.45. The van der Waals surface area contributed by atoms with E-state index in [2.05, 4.69) is 5.32 Å². The fourth-order valence-corrected chi connectivity index (χ4v) is 2.56. The molecule has 0 bridgehead atoms. The summed E-state index contributed by atoms with van der Waals surface area (Å²) in [5.41, 5.74) is 1.55. The molecule has 0 aliphatic rings. The number of amides is 1. The average Bonchev–Trinajstić information content (AvgIpc) is 2.65. The lowest BCUT2D eigenvalue weighted by Gasteiger charge is -2.18. The van der Waals surface area contributed by atoms with E-state index >= 15 is 0 Å². The van der Waals surface area contributed by atoms with Gasteiger partial charge >= 0.3 is 5.97 Å². The highest BCUT2D eigenvalue weighted by molar-refractivity contribution is 5.94. The van der Waals surface area contributed by atoms with Crippen LogP contribution < -0.4 is 14.8 Å². The number of hydrogen-bond acceptors (Lipinski definition) is 6. The van der Waals surface area contributed by atoms with Gasteiger partial charge in [0.15, 0.2) is 6.61 Å². The topological polar surface area (TPSA) is 94.1 Å². The van der Waals surface area contributed by atoms with Crippen LogP contribution in [-0.4, -0.2) is 37.8 Å². The minimum atomic E-state index is -0.769. The maximum Gasteiger partial charge on any atom is 0.342 e. The molecule has 144 valence electrons. The van der Waals surface area contributed by atoms with Crippen LogP contribution in [0.4, 0.5) is 0 Å². The van der Waals surface area contributed by atoms with Crippen molar-refractivity contribution in [3.63, 3.8) is 0 Å². The van der Waals surface area contributed by atoms with E-state index in [0.717, 1.165) is 11.1 Å². The zero-order valence-corrected chi connectivity index (χ0v) is 15.7. The molecule has 0 fully saturated rings. The molecule has 0 aromatic heterocycles. The number of phenols is 1. The van der Waals surface area contributed by atoms with Gasteiger partial charge < -0.3 is 24.6 Å². The molecule has 0 unspecified atom stereocenters. The first-order valence-corrected chi connectivity index (χ1v) is 8.33. The van der Waals surface area contributed by atoms with E-state index in [4.69, 9.17) is 14.2 Å². The van der Waals surface area contributed by atoms with Gasteiger partial charge in [-0.2, -0.15) is 0 Å². The summed E-state index contributed by atoms with van der Waals surface area (Å²) in [5.74, 6) is -0.199. The van der Waals surface area contributed by atoms with Crippen LogP contribution in [0.25, 0.3) is 0 Å². The Hall–Kier alpha value is -3.22. The van der Waals surface area contributed by atoms with E-state index in [9.17, 15) is 14.7 Å². The Labute approximate surface area is 157 Å². The number of methoxy groups -OCH3 is 2. The smallest absolute Gasteiger partial charge is 0.342 e. The lowest BCUT2D eigenvalue weighted by Crippen LogP contribution is -2.31. The SMILES string of the molecule is COc1ccc(OC)c([C@@H](C)NC(=O)COC(=O)c2ccc(C)cc2O)c1. The number of phenolic OH excluding ortho intramolecular Hbond substituents is 1. The zero-order valence-electron chi connectivity index (χ0n) is 15.7. The van der Waals surface area contributed by atoms with Crippen LogP contribution in [0.5, 0.6) is 17.2 Å². The van der Waals surface area contributed by atoms with Crippen molar-refractivity contribution in [3.05, 3.63) is 53.1 Å². The van der Waals surface area contributed by atoms with Gasteiger partial charge in [-0.15, -0.1) is 0 Å². The number of aromatic hydroxyl groups is 1. The first-order valence-electron chi connectivity index (χ1n) is 8.33. The minimum absolute atomic E-state index is 0.0101. The maximum absolute atomic E-state index is 12.1. The van der Waals surface area contributed by atoms with Gasteiger partial charge in [0, 0.05) is 5.56 Å². The van der Waals surface area contributed by atoms with E-state index in [-0.39, 0.29) is 11.3 Å². The largest absolute Gasteiger partial charge is 0.507 e. The first kappa shape index (κ1) is 20.1. The molecule has 2 aromatic rings. The summed E-state index contributed by atoms with van der Waals surface area (Å²) >= 11 is 0. The van der Waals surface area contributed by atoms with Gasteiger partial charge in [0.1, 0.15) is 22.8 Å². The van der Waals surface area contributed by atoms with Crippen molar-refractivity contribution in [3.8, 4) is 17.2 Å². The van der Waals surface area contributed by atoms with Gasteiger partial charge in [-0.3, -0.25) is 4.79 Å². The Morgan fingerprint density at radius 1 is 1.11 bits per heavy atom. The summed E-state index contributed by atoms with van der Waals surface area (Å²) in [7, 11) is 3.09. The van der Waals surface area contributed by atoms with Crippen LogP contribution in [0.3, 0.4) is 0 Å². The Morgan fingerprint density at radius 2 is 1.85 bits per heavy atom. The summed E-state index contributed by atoms with van der Waals surface area (Å²) in [4.78, 5) is 24.2. The second-order valence-electron chi connectivity index (χ2n) is 5.99.